The van der Waals surface area contributed by atoms with Crippen LogP contribution < -0.4 is 21.1 Å². The van der Waals surface area contributed by atoms with Gasteiger partial charge in [-0.3, -0.25) is 9.59 Å². The fourth-order valence-corrected chi connectivity index (χ4v) is 5.34. The monoisotopic (exact) mass is 531 g/mol. The molecule has 0 atom stereocenters. The second kappa shape index (κ2) is 8.86. The van der Waals surface area contributed by atoms with E-state index in [1.807, 2.05) is 0 Å². The Balaban J connectivity index is 1.43. The van der Waals surface area contributed by atoms with Crippen LogP contribution in [-0.4, -0.2) is 44.3 Å². The van der Waals surface area contributed by atoms with Crippen LogP contribution in [0.25, 0.3) is 27.9 Å². The molecule has 3 aliphatic carbocycles. The minimum absolute atomic E-state index is 0.0328. The molecule has 2 heterocycles. The summed E-state index contributed by atoms with van der Waals surface area (Å²) in [5, 5.41) is 13.9. The highest BCUT2D eigenvalue weighted by molar-refractivity contribution is 6.03. The number of anilines is 2. The average Bonchev–Trinajstić information content (AvgIpc) is 3.25. The van der Waals surface area contributed by atoms with Gasteiger partial charge in [0, 0.05) is 22.4 Å². The predicted octanol–water partition coefficient (Wildman–Crippen LogP) is 3.89. The number of aromatic nitrogens is 4. The van der Waals surface area contributed by atoms with Crippen LogP contribution in [0.3, 0.4) is 0 Å². The predicted molar refractivity (Wildman–Crippen MR) is 139 cm³/mol. The second-order valence-electron chi connectivity index (χ2n) is 9.89. The van der Waals surface area contributed by atoms with Gasteiger partial charge >= 0.3 is 0 Å². The number of nitrogens with one attached hydrogen (secondary N) is 2. The minimum atomic E-state index is -1.20. The molecule has 12 heteroatoms. The van der Waals surface area contributed by atoms with Crippen LogP contribution in [-0.2, 0) is 4.79 Å². The molecule has 10 nitrogen and oxygen atoms in total. The Bertz CT molecular complexity index is 1680. The molecular formula is C27H23F2N7O3. The number of benzene rings is 2. The van der Waals surface area contributed by atoms with Crippen molar-refractivity contribution in [3.63, 3.8) is 0 Å². The summed E-state index contributed by atoms with van der Waals surface area (Å²) in [4.78, 5) is 28.7. The molecule has 2 amide bonds. The van der Waals surface area contributed by atoms with Crippen molar-refractivity contribution in [1.29, 1.82) is 0 Å². The number of methoxy groups -OCH3 is 1. The van der Waals surface area contributed by atoms with Crippen molar-refractivity contribution in [2.24, 2.45) is 5.92 Å². The van der Waals surface area contributed by atoms with Crippen LogP contribution in [0, 0.1) is 11.7 Å². The SMILES string of the molecule is C=C(F)C(=O)Nc1ccc(-c2nn3ncnc(N)c3c2-c2ccc(C(=O)NC34CC(C3)C4)c(OC)c2)c(F)c1. The fraction of sp³-hybridized carbons (Fsp3) is 0.222. The maximum atomic E-state index is 15.4. The Kier molecular flexibility index (Phi) is 5.56. The summed E-state index contributed by atoms with van der Waals surface area (Å²) in [6.07, 6.45) is 4.23. The van der Waals surface area contributed by atoms with Crippen molar-refractivity contribution in [1.82, 2.24) is 25.1 Å². The number of hydrogen-bond acceptors (Lipinski definition) is 7. The zero-order valence-electron chi connectivity index (χ0n) is 20.8. The lowest BCUT2D eigenvalue weighted by Gasteiger charge is -2.61. The molecule has 3 fully saturated rings. The number of carbonyl (C=O) groups is 2. The van der Waals surface area contributed by atoms with Gasteiger partial charge in [0.25, 0.3) is 11.8 Å². The van der Waals surface area contributed by atoms with Crippen molar-refractivity contribution in [2.75, 3.05) is 18.2 Å². The third-order valence-electron chi connectivity index (χ3n) is 7.35. The van der Waals surface area contributed by atoms with E-state index in [9.17, 15) is 14.0 Å². The largest absolute Gasteiger partial charge is 0.496 e. The molecule has 0 radical (unpaired) electrons. The van der Waals surface area contributed by atoms with Crippen LogP contribution in [0.2, 0.25) is 0 Å². The summed E-state index contributed by atoms with van der Waals surface area (Å²) < 4.78 is 35.3. The number of halogens is 2. The van der Waals surface area contributed by atoms with E-state index < -0.39 is 17.6 Å². The number of carbonyl (C=O) groups excluding carboxylic acids is 2. The minimum Gasteiger partial charge on any atom is -0.496 e. The summed E-state index contributed by atoms with van der Waals surface area (Å²) in [7, 11) is 1.46. The van der Waals surface area contributed by atoms with Crippen molar-refractivity contribution in [3.8, 4) is 28.1 Å². The normalized spacial score (nSPS) is 19.1. The van der Waals surface area contributed by atoms with Gasteiger partial charge in [-0.2, -0.15) is 0 Å². The van der Waals surface area contributed by atoms with Gasteiger partial charge in [0.1, 0.15) is 29.1 Å². The third kappa shape index (κ3) is 4.04. The van der Waals surface area contributed by atoms with Gasteiger partial charge in [0.2, 0.25) is 0 Å². The van der Waals surface area contributed by atoms with Crippen LogP contribution in [0.5, 0.6) is 5.75 Å². The van der Waals surface area contributed by atoms with E-state index >= 15 is 4.39 Å². The summed E-state index contributed by atoms with van der Waals surface area (Å²) in [5.41, 5.74) is 8.00. The topological polar surface area (TPSA) is 137 Å². The zero-order valence-corrected chi connectivity index (χ0v) is 20.8. The molecule has 0 saturated heterocycles. The number of nitrogens with two attached hydrogens (primary N) is 1. The van der Waals surface area contributed by atoms with E-state index in [0.717, 1.165) is 25.3 Å². The van der Waals surface area contributed by atoms with Crippen LogP contribution in [0.15, 0.2) is 55.1 Å². The van der Waals surface area contributed by atoms with E-state index in [4.69, 9.17) is 10.5 Å². The van der Waals surface area contributed by atoms with Gasteiger partial charge in [-0.25, -0.2) is 13.8 Å². The smallest absolute Gasteiger partial charge is 0.283 e. The van der Waals surface area contributed by atoms with Gasteiger partial charge in [-0.1, -0.05) is 12.6 Å². The molecule has 2 aromatic heterocycles. The van der Waals surface area contributed by atoms with Gasteiger partial charge in [0.05, 0.1) is 12.7 Å². The van der Waals surface area contributed by atoms with Crippen LogP contribution in [0.4, 0.5) is 20.3 Å². The maximum Gasteiger partial charge on any atom is 0.283 e. The van der Waals surface area contributed by atoms with E-state index in [1.54, 1.807) is 18.2 Å². The summed E-state index contributed by atoms with van der Waals surface area (Å²) in [6, 6.07) is 8.83. The lowest BCUT2D eigenvalue weighted by atomic mass is 9.50. The molecule has 39 heavy (non-hydrogen) atoms. The Morgan fingerprint density at radius 2 is 1.97 bits per heavy atom. The third-order valence-corrected chi connectivity index (χ3v) is 7.35. The van der Waals surface area contributed by atoms with Gasteiger partial charge in [-0.15, -0.1) is 14.8 Å². The first-order valence-corrected chi connectivity index (χ1v) is 12.1. The molecule has 4 aromatic rings. The fourth-order valence-electron chi connectivity index (χ4n) is 5.34. The van der Waals surface area contributed by atoms with Crippen molar-refractivity contribution < 1.29 is 23.1 Å². The van der Waals surface area contributed by atoms with E-state index in [2.05, 4.69) is 32.4 Å². The number of nitrogens with zero attached hydrogens (tertiary/aromatic N) is 4. The Morgan fingerprint density at radius 3 is 2.62 bits per heavy atom. The lowest BCUT2D eigenvalue weighted by Crippen LogP contribution is -2.68. The van der Waals surface area contributed by atoms with Crippen molar-refractivity contribution in [3.05, 3.63) is 66.5 Å². The first kappa shape index (κ1) is 24.5. The van der Waals surface area contributed by atoms with Crippen molar-refractivity contribution in [2.45, 2.75) is 24.8 Å². The number of fused-ring (bicyclic) bond motifs is 1. The molecule has 0 aliphatic heterocycles. The average molecular weight is 532 g/mol. The highest BCUT2D eigenvalue weighted by atomic mass is 19.1. The van der Waals surface area contributed by atoms with E-state index in [0.29, 0.717) is 33.9 Å². The highest BCUT2D eigenvalue weighted by Crippen LogP contribution is 2.57. The Hall–Kier alpha value is -4.87. The summed E-state index contributed by atoms with van der Waals surface area (Å²) in [6.45, 7) is 2.93. The molecular weight excluding hydrogens is 508 g/mol. The first-order valence-electron chi connectivity index (χ1n) is 12.1. The lowest BCUT2D eigenvalue weighted by molar-refractivity contribution is -0.114. The molecule has 0 unspecified atom stereocenters. The van der Waals surface area contributed by atoms with Crippen LogP contribution >= 0.6 is 0 Å². The number of nitrogen functional groups attached to an aromatic ring is 1. The Morgan fingerprint density at radius 1 is 1.21 bits per heavy atom. The molecule has 198 valence electrons. The molecule has 3 aliphatic rings. The first-order chi connectivity index (χ1) is 18.7. The molecule has 3 saturated carbocycles. The second-order valence-corrected chi connectivity index (χ2v) is 9.89. The summed E-state index contributed by atoms with van der Waals surface area (Å²) in [5.74, 6) is -2.11. The van der Waals surface area contributed by atoms with E-state index in [1.165, 1.54) is 30.2 Å². The Labute approximate surface area is 220 Å². The summed E-state index contributed by atoms with van der Waals surface area (Å²) >= 11 is 0. The quantitative estimate of drug-likeness (QED) is 0.308. The molecule has 2 aromatic carbocycles. The zero-order chi connectivity index (χ0) is 27.5. The number of hydrogen-bond donors (Lipinski definition) is 3. The molecule has 7 rings (SSSR count). The standard InChI is InChI=1S/C27H23F2N7O3/c1-13(28)25(37)33-16-4-6-17(19(29)8-16)22-21(23-24(30)31-12-32-36(23)35-22)15-3-5-18(20(7-15)39-2)26(38)34-27-9-14(10-27)11-27/h3-8,12,14H,1,9-11H2,2H3,(H,33,37)(H,34,38)(H2,30,31,32). The van der Waals surface area contributed by atoms with Gasteiger partial charge in [-0.05, 0) is 61.1 Å². The number of amides is 2. The van der Waals surface area contributed by atoms with E-state index in [-0.39, 0.29) is 34.2 Å². The number of ether oxygens (including phenoxy) is 1. The number of rotatable bonds is 7. The van der Waals surface area contributed by atoms with Gasteiger partial charge < -0.3 is 21.1 Å². The molecule has 4 N–H and O–H groups in total. The maximum absolute atomic E-state index is 15.4. The highest BCUT2D eigenvalue weighted by Gasteiger charge is 2.57. The van der Waals surface area contributed by atoms with Crippen LogP contribution in [0.1, 0.15) is 29.6 Å². The van der Waals surface area contributed by atoms with Gasteiger partial charge in [0.15, 0.2) is 11.6 Å². The molecule has 2 bridgehead atoms. The van der Waals surface area contributed by atoms with Crippen molar-refractivity contribution >= 4 is 28.8 Å². The molecule has 0 spiro atoms.